The average Bonchev–Trinajstić information content (AvgIpc) is 1.97. The van der Waals surface area contributed by atoms with E-state index in [0.717, 1.165) is 25.1 Å². The first kappa shape index (κ1) is 11.2. The number of hydrogen-bond acceptors (Lipinski definition) is 2. The third kappa shape index (κ3) is 5.92. The minimum Gasteiger partial charge on any atom is -0.384 e. The maximum atomic E-state index is 5.57. The van der Waals surface area contributed by atoms with Crippen LogP contribution in [-0.2, 0) is 0 Å². The highest BCUT2D eigenvalue weighted by Gasteiger charge is 1.92. The Bertz CT molecular complexity index is 171. The molecule has 70 valence electrons. The van der Waals surface area contributed by atoms with Crippen molar-refractivity contribution in [2.45, 2.75) is 13.3 Å². The van der Waals surface area contributed by atoms with Gasteiger partial charge in [-0.3, -0.25) is 4.99 Å². The van der Waals surface area contributed by atoms with Crippen LogP contribution in [0.15, 0.2) is 17.1 Å². The van der Waals surface area contributed by atoms with Crippen LogP contribution in [0.4, 0.5) is 0 Å². The highest BCUT2D eigenvalue weighted by atomic mass is 15.0. The van der Waals surface area contributed by atoms with E-state index in [-0.39, 0.29) is 0 Å². The second-order valence-corrected chi connectivity index (χ2v) is 3.20. The summed E-state index contributed by atoms with van der Waals surface area (Å²) in [6.45, 7) is 7.41. The number of nitrogens with zero attached hydrogens (tertiary/aromatic N) is 2. The van der Waals surface area contributed by atoms with Gasteiger partial charge in [0.05, 0.1) is 0 Å². The minimum atomic E-state index is 0.578. The Kier molecular flexibility index (Phi) is 5.37. The molecule has 0 unspecified atom stereocenters. The molecule has 0 fully saturated rings. The van der Waals surface area contributed by atoms with Crippen molar-refractivity contribution in [3.05, 3.63) is 12.2 Å². The number of hydrogen-bond donors (Lipinski definition) is 1. The zero-order valence-corrected chi connectivity index (χ0v) is 8.30. The van der Waals surface area contributed by atoms with E-state index in [2.05, 4.69) is 16.5 Å². The van der Waals surface area contributed by atoms with E-state index in [1.54, 1.807) is 0 Å². The summed E-state index contributed by atoms with van der Waals surface area (Å²) in [6, 6.07) is 0. The van der Waals surface area contributed by atoms with Gasteiger partial charge >= 0.3 is 0 Å². The summed E-state index contributed by atoms with van der Waals surface area (Å²) >= 11 is 0. The maximum Gasteiger partial charge on any atom is 0.120 e. The summed E-state index contributed by atoms with van der Waals surface area (Å²) in [6.07, 6.45) is 1.04. The van der Waals surface area contributed by atoms with Gasteiger partial charge in [-0.2, -0.15) is 0 Å². The fourth-order valence-corrected chi connectivity index (χ4v) is 0.721. The van der Waals surface area contributed by atoms with E-state index >= 15 is 0 Å². The van der Waals surface area contributed by atoms with Gasteiger partial charge in [-0.05, 0) is 39.6 Å². The van der Waals surface area contributed by atoms with Crippen LogP contribution in [0.3, 0.4) is 0 Å². The molecule has 0 aromatic heterocycles. The molecule has 2 N–H and O–H groups in total. The van der Waals surface area contributed by atoms with Crippen LogP contribution < -0.4 is 5.73 Å². The zero-order chi connectivity index (χ0) is 9.56. The molecule has 0 saturated heterocycles. The molecule has 12 heavy (non-hydrogen) atoms. The molecule has 3 nitrogen and oxygen atoms in total. The Labute approximate surface area is 75.0 Å². The molecule has 0 aromatic rings. The highest BCUT2D eigenvalue weighted by Crippen LogP contribution is 1.89. The summed E-state index contributed by atoms with van der Waals surface area (Å²) in [5, 5.41) is 0. The lowest BCUT2D eigenvalue weighted by molar-refractivity contribution is 0.403. The van der Waals surface area contributed by atoms with E-state index in [1.165, 1.54) is 0 Å². The molecule has 3 heteroatoms. The number of nitrogens with two attached hydrogens (primary N) is 1. The normalized spacial score (nSPS) is 12.2. The van der Waals surface area contributed by atoms with Gasteiger partial charge in [0.25, 0.3) is 0 Å². The first-order valence-electron chi connectivity index (χ1n) is 4.14. The Hall–Kier alpha value is -0.830. The second-order valence-electron chi connectivity index (χ2n) is 3.20. The topological polar surface area (TPSA) is 41.6 Å². The Morgan fingerprint density at radius 1 is 1.50 bits per heavy atom. The van der Waals surface area contributed by atoms with Gasteiger partial charge in [0.15, 0.2) is 0 Å². The van der Waals surface area contributed by atoms with Crippen LogP contribution in [0.5, 0.6) is 0 Å². The summed E-state index contributed by atoms with van der Waals surface area (Å²) in [7, 11) is 4.09. The van der Waals surface area contributed by atoms with Gasteiger partial charge in [-0.15, -0.1) is 0 Å². The third-order valence-corrected chi connectivity index (χ3v) is 1.48. The average molecular weight is 169 g/mol. The van der Waals surface area contributed by atoms with E-state index in [9.17, 15) is 0 Å². The third-order valence-electron chi connectivity index (χ3n) is 1.48. The molecule has 0 radical (unpaired) electrons. The van der Waals surface area contributed by atoms with Gasteiger partial charge < -0.3 is 10.6 Å². The molecule has 0 aliphatic carbocycles. The first-order chi connectivity index (χ1) is 5.54. The van der Waals surface area contributed by atoms with Crippen LogP contribution in [0.1, 0.15) is 13.3 Å². The van der Waals surface area contributed by atoms with Crippen LogP contribution in [-0.4, -0.2) is 37.9 Å². The molecular formula is C9H19N3. The van der Waals surface area contributed by atoms with Crippen molar-refractivity contribution < 1.29 is 0 Å². The smallest absolute Gasteiger partial charge is 0.120 e. The van der Waals surface area contributed by atoms with Crippen LogP contribution in [0, 0.1) is 0 Å². The quantitative estimate of drug-likeness (QED) is 0.377. The predicted molar refractivity (Wildman–Crippen MR) is 54.5 cm³/mol. The van der Waals surface area contributed by atoms with E-state index in [1.807, 2.05) is 21.0 Å². The number of amidine groups is 1. The van der Waals surface area contributed by atoms with Crippen molar-refractivity contribution in [2.75, 3.05) is 27.2 Å². The highest BCUT2D eigenvalue weighted by molar-refractivity contribution is 5.95. The molecule has 0 rings (SSSR count). The Balaban J connectivity index is 3.54. The maximum absolute atomic E-state index is 5.57. The monoisotopic (exact) mass is 169 g/mol. The Morgan fingerprint density at radius 3 is 2.50 bits per heavy atom. The van der Waals surface area contributed by atoms with Crippen molar-refractivity contribution >= 4 is 5.84 Å². The van der Waals surface area contributed by atoms with Crippen LogP contribution in [0.2, 0.25) is 0 Å². The van der Waals surface area contributed by atoms with Crippen molar-refractivity contribution in [1.29, 1.82) is 0 Å². The van der Waals surface area contributed by atoms with Crippen molar-refractivity contribution in [2.24, 2.45) is 10.7 Å². The molecule has 0 aromatic carbocycles. The van der Waals surface area contributed by atoms with Crippen molar-refractivity contribution in [3.63, 3.8) is 0 Å². The predicted octanol–water partition coefficient (Wildman–Crippen LogP) is 0.871. The zero-order valence-electron chi connectivity index (χ0n) is 8.30. The molecule has 0 spiro atoms. The van der Waals surface area contributed by atoms with Gasteiger partial charge in [-0.1, -0.05) is 6.58 Å². The molecule has 0 atom stereocenters. The summed E-state index contributed by atoms with van der Waals surface area (Å²) < 4.78 is 0. The Morgan fingerprint density at radius 2 is 2.08 bits per heavy atom. The van der Waals surface area contributed by atoms with E-state index < -0.39 is 0 Å². The lowest BCUT2D eigenvalue weighted by atomic mass is 10.3. The standard InChI is InChI=1S/C9H19N3/c1-8(2)9(10)11-6-5-7-12(3)4/h1,5-7H2,2-4H3,(H2,10,11). The fourth-order valence-electron chi connectivity index (χ4n) is 0.721. The molecule has 0 heterocycles. The molecule has 0 aliphatic heterocycles. The second kappa shape index (κ2) is 5.77. The summed E-state index contributed by atoms with van der Waals surface area (Å²) in [4.78, 5) is 6.30. The van der Waals surface area contributed by atoms with Gasteiger partial charge in [0.2, 0.25) is 0 Å². The van der Waals surface area contributed by atoms with E-state index in [0.29, 0.717) is 5.84 Å². The lowest BCUT2D eigenvalue weighted by Gasteiger charge is -2.07. The number of aliphatic imine (C=N–C) groups is 1. The lowest BCUT2D eigenvalue weighted by Crippen LogP contribution is -2.16. The molecule has 0 aliphatic rings. The summed E-state index contributed by atoms with van der Waals surface area (Å²) in [5.41, 5.74) is 6.42. The largest absolute Gasteiger partial charge is 0.384 e. The molecule has 0 amide bonds. The van der Waals surface area contributed by atoms with Gasteiger partial charge in [-0.25, -0.2) is 0 Å². The number of rotatable bonds is 5. The SMILES string of the molecule is C=C(C)C(N)=NCCCN(C)C. The van der Waals surface area contributed by atoms with Crippen LogP contribution in [0.25, 0.3) is 0 Å². The van der Waals surface area contributed by atoms with E-state index in [4.69, 9.17) is 5.73 Å². The van der Waals surface area contributed by atoms with Gasteiger partial charge in [0.1, 0.15) is 5.84 Å². The fraction of sp³-hybridized carbons (Fsp3) is 0.667. The van der Waals surface area contributed by atoms with Crippen LogP contribution >= 0.6 is 0 Å². The van der Waals surface area contributed by atoms with Crippen molar-refractivity contribution in [3.8, 4) is 0 Å². The molecule has 0 bridgehead atoms. The van der Waals surface area contributed by atoms with Gasteiger partial charge in [0, 0.05) is 6.54 Å². The minimum absolute atomic E-state index is 0.578. The first-order valence-corrected chi connectivity index (χ1v) is 4.14. The summed E-state index contributed by atoms with van der Waals surface area (Å²) in [5.74, 6) is 0.578. The molecule has 0 saturated carbocycles. The molecular weight excluding hydrogens is 150 g/mol. The van der Waals surface area contributed by atoms with Crippen molar-refractivity contribution in [1.82, 2.24) is 4.90 Å².